The number of nitrogens with one attached hydrogen (secondary N) is 1. The zero-order valence-corrected chi connectivity index (χ0v) is 19.9. The van der Waals surface area contributed by atoms with Crippen molar-refractivity contribution in [1.29, 1.82) is 0 Å². The summed E-state index contributed by atoms with van der Waals surface area (Å²) < 4.78 is 16.5. The molecule has 2 unspecified atom stereocenters. The predicted molar refractivity (Wildman–Crippen MR) is 133 cm³/mol. The summed E-state index contributed by atoms with van der Waals surface area (Å²) in [5, 5.41) is 3.52. The van der Waals surface area contributed by atoms with Crippen LogP contribution in [0.2, 0.25) is 0 Å². The van der Waals surface area contributed by atoms with Crippen LogP contribution in [0, 0.1) is 0 Å². The third-order valence-corrected chi connectivity index (χ3v) is 5.94. The molecule has 0 radical (unpaired) electrons. The second kappa shape index (κ2) is 11.8. The van der Waals surface area contributed by atoms with Gasteiger partial charge in [-0.25, -0.2) is 4.79 Å². The first kappa shape index (κ1) is 23.9. The molecule has 34 heavy (non-hydrogen) atoms. The number of carbonyl (C=O) groups is 1. The van der Waals surface area contributed by atoms with Crippen LogP contribution in [0.1, 0.15) is 24.4 Å². The largest absolute Gasteiger partial charge is 0.491 e. The van der Waals surface area contributed by atoms with Crippen molar-refractivity contribution in [3.05, 3.63) is 95.9 Å². The molecular weight excluding hydrogens is 452 g/mol. The SMILES string of the molecule is COCCOc1ccc(C2C(NC3=CCC(Cl)C=C3)=CCCN2C(=O)Oc2ccccc2)cc1. The van der Waals surface area contributed by atoms with Gasteiger partial charge in [-0.2, -0.15) is 0 Å². The lowest BCUT2D eigenvalue weighted by Crippen LogP contribution is -2.43. The highest BCUT2D eigenvalue weighted by atomic mass is 35.5. The molecule has 178 valence electrons. The van der Waals surface area contributed by atoms with Crippen LogP contribution >= 0.6 is 11.6 Å². The molecule has 0 aromatic heterocycles. The molecule has 1 aliphatic carbocycles. The van der Waals surface area contributed by atoms with E-state index in [1.165, 1.54) is 0 Å². The molecule has 2 atom stereocenters. The number of methoxy groups -OCH3 is 1. The number of amides is 1. The monoisotopic (exact) mass is 480 g/mol. The molecule has 0 fully saturated rings. The van der Waals surface area contributed by atoms with E-state index in [-0.39, 0.29) is 11.4 Å². The number of halogens is 1. The maximum Gasteiger partial charge on any atom is 0.416 e. The molecule has 2 aromatic carbocycles. The summed E-state index contributed by atoms with van der Waals surface area (Å²) >= 11 is 6.19. The molecule has 6 nitrogen and oxygen atoms in total. The Labute approximate surface area is 205 Å². The lowest BCUT2D eigenvalue weighted by atomic mass is 9.97. The Morgan fingerprint density at radius 1 is 1.06 bits per heavy atom. The lowest BCUT2D eigenvalue weighted by Gasteiger charge is -2.36. The van der Waals surface area contributed by atoms with Crippen LogP contribution in [0.4, 0.5) is 4.79 Å². The van der Waals surface area contributed by atoms with E-state index in [9.17, 15) is 4.79 Å². The first-order chi connectivity index (χ1) is 16.6. The average molecular weight is 481 g/mol. The van der Waals surface area contributed by atoms with Gasteiger partial charge in [0.1, 0.15) is 24.1 Å². The standard InChI is InChI=1S/C27H29ClN2O4/c1-32-18-19-33-23-15-9-20(10-16-23)26-25(29-22-13-11-21(28)12-14-22)8-5-17-30(26)27(31)34-24-6-3-2-4-7-24/h2-4,6-11,13-16,21,26,29H,5,12,17-19H2,1H3. The Bertz CT molecular complexity index is 1050. The van der Waals surface area contributed by atoms with Crippen LogP contribution < -0.4 is 14.8 Å². The number of alkyl halides is 1. The fourth-order valence-corrected chi connectivity index (χ4v) is 4.10. The first-order valence-corrected chi connectivity index (χ1v) is 11.8. The number of carbonyl (C=O) groups excluding carboxylic acids is 1. The van der Waals surface area contributed by atoms with Gasteiger partial charge in [0.25, 0.3) is 0 Å². The van der Waals surface area contributed by atoms with E-state index in [1.54, 1.807) is 24.1 Å². The molecule has 0 bridgehead atoms. The summed E-state index contributed by atoms with van der Waals surface area (Å²) in [5.41, 5.74) is 2.84. The zero-order chi connectivity index (χ0) is 23.8. The van der Waals surface area contributed by atoms with E-state index < -0.39 is 6.09 Å². The summed E-state index contributed by atoms with van der Waals surface area (Å²) in [6.45, 7) is 1.54. The minimum Gasteiger partial charge on any atom is -0.491 e. The highest BCUT2D eigenvalue weighted by molar-refractivity contribution is 6.22. The predicted octanol–water partition coefficient (Wildman–Crippen LogP) is 5.58. The third-order valence-electron chi connectivity index (χ3n) is 5.61. The van der Waals surface area contributed by atoms with Gasteiger partial charge >= 0.3 is 6.09 Å². The van der Waals surface area contributed by atoms with Gasteiger partial charge in [0.15, 0.2) is 0 Å². The van der Waals surface area contributed by atoms with E-state index in [2.05, 4.69) is 17.5 Å². The minimum atomic E-state index is -0.391. The van der Waals surface area contributed by atoms with Gasteiger partial charge in [-0.05, 0) is 48.7 Å². The van der Waals surface area contributed by atoms with Crippen LogP contribution in [0.3, 0.4) is 0 Å². The molecule has 2 aliphatic rings. The van der Waals surface area contributed by atoms with Crippen LogP contribution in [0.25, 0.3) is 0 Å². The summed E-state index contributed by atoms with van der Waals surface area (Å²) in [6, 6.07) is 16.6. The fourth-order valence-electron chi connectivity index (χ4n) is 3.93. The maximum atomic E-state index is 13.2. The molecule has 0 saturated carbocycles. The van der Waals surface area contributed by atoms with Crippen molar-refractivity contribution in [2.24, 2.45) is 0 Å². The Hall–Kier alpha value is -3.22. The molecule has 0 spiro atoms. The lowest BCUT2D eigenvalue weighted by molar-refractivity contribution is 0.134. The molecular formula is C27H29ClN2O4. The Morgan fingerprint density at radius 3 is 2.56 bits per heavy atom. The number of allylic oxidation sites excluding steroid dienone is 3. The third kappa shape index (κ3) is 6.22. The van der Waals surface area contributed by atoms with Crippen molar-refractivity contribution in [3.8, 4) is 11.5 Å². The Balaban J connectivity index is 1.58. The Kier molecular flexibility index (Phi) is 8.28. The van der Waals surface area contributed by atoms with Crippen LogP contribution in [-0.2, 0) is 4.74 Å². The summed E-state index contributed by atoms with van der Waals surface area (Å²) in [5.74, 6) is 1.27. The van der Waals surface area contributed by atoms with Crippen LogP contribution in [0.15, 0.2) is 90.3 Å². The number of hydrogen-bond donors (Lipinski definition) is 1. The maximum absolute atomic E-state index is 13.2. The van der Waals surface area contributed by atoms with Crippen molar-refractivity contribution in [1.82, 2.24) is 10.2 Å². The van der Waals surface area contributed by atoms with Crippen LogP contribution in [0.5, 0.6) is 11.5 Å². The zero-order valence-electron chi connectivity index (χ0n) is 19.2. The Morgan fingerprint density at radius 2 is 1.85 bits per heavy atom. The normalized spacial score (nSPS) is 19.8. The van der Waals surface area contributed by atoms with Gasteiger partial charge in [0, 0.05) is 25.0 Å². The summed E-state index contributed by atoms with van der Waals surface area (Å²) in [4.78, 5) is 15.0. The highest BCUT2D eigenvalue weighted by Crippen LogP contribution is 2.34. The van der Waals surface area contributed by atoms with Crippen molar-refractivity contribution >= 4 is 17.7 Å². The first-order valence-electron chi connectivity index (χ1n) is 11.4. The molecule has 4 rings (SSSR count). The molecule has 2 aromatic rings. The smallest absolute Gasteiger partial charge is 0.416 e. The van der Waals surface area contributed by atoms with Gasteiger partial charge in [0.2, 0.25) is 0 Å². The van der Waals surface area contributed by atoms with Crippen molar-refractivity contribution in [2.75, 3.05) is 26.9 Å². The van der Waals surface area contributed by atoms with Crippen LogP contribution in [-0.4, -0.2) is 43.2 Å². The number of nitrogens with zero attached hydrogens (tertiary/aromatic N) is 1. The molecule has 0 saturated heterocycles. The topological polar surface area (TPSA) is 60.0 Å². The highest BCUT2D eigenvalue weighted by Gasteiger charge is 2.32. The fraction of sp³-hybridized carbons (Fsp3) is 0.296. The van der Waals surface area contributed by atoms with E-state index in [0.717, 1.165) is 35.5 Å². The molecule has 1 amide bonds. The second-order valence-electron chi connectivity index (χ2n) is 8.03. The van der Waals surface area contributed by atoms with Gasteiger partial charge in [-0.3, -0.25) is 4.90 Å². The van der Waals surface area contributed by atoms with Gasteiger partial charge in [0.05, 0.1) is 12.0 Å². The number of rotatable bonds is 8. The number of benzene rings is 2. The average Bonchev–Trinajstić information content (AvgIpc) is 2.86. The van der Waals surface area contributed by atoms with Gasteiger partial charge < -0.3 is 19.5 Å². The molecule has 1 aliphatic heterocycles. The minimum absolute atomic E-state index is 0.00434. The summed E-state index contributed by atoms with van der Waals surface area (Å²) in [7, 11) is 1.64. The quantitative estimate of drug-likeness (QED) is 0.394. The van der Waals surface area contributed by atoms with Crippen molar-refractivity contribution in [3.63, 3.8) is 0 Å². The van der Waals surface area contributed by atoms with E-state index >= 15 is 0 Å². The van der Waals surface area contributed by atoms with Crippen molar-refractivity contribution in [2.45, 2.75) is 24.3 Å². The number of ether oxygens (including phenoxy) is 3. The van der Waals surface area contributed by atoms with E-state index in [1.807, 2.05) is 54.6 Å². The molecule has 1 heterocycles. The van der Waals surface area contributed by atoms with Crippen molar-refractivity contribution < 1.29 is 19.0 Å². The number of hydrogen-bond acceptors (Lipinski definition) is 5. The van der Waals surface area contributed by atoms with Gasteiger partial charge in [-0.1, -0.05) is 48.6 Å². The summed E-state index contributed by atoms with van der Waals surface area (Å²) in [6.07, 6.45) is 9.24. The second-order valence-corrected chi connectivity index (χ2v) is 8.59. The van der Waals surface area contributed by atoms with Gasteiger partial charge in [-0.15, -0.1) is 11.6 Å². The molecule has 1 N–H and O–H groups in total. The molecule has 7 heteroatoms. The van der Waals surface area contributed by atoms with E-state index in [4.69, 9.17) is 25.8 Å². The number of para-hydroxylation sites is 1. The van der Waals surface area contributed by atoms with E-state index in [0.29, 0.717) is 25.5 Å².